The molecule has 1 saturated heterocycles. The number of nitrogens with one attached hydrogen (secondary N) is 1. The predicted octanol–water partition coefficient (Wildman–Crippen LogP) is 4.45. The number of furan rings is 1. The summed E-state index contributed by atoms with van der Waals surface area (Å²) in [4.78, 5) is 20.1. The summed E-state index contributed by atoms with van der Waals surface area (Å²) >= 11 is 1.68. The monoisotopic (exact) mass is 516 g/mol. The lowest BCUT2D eigenvalue weighted by atomic mass is 10.0. The first-order valence-corrected chi connectivity index (χ1v) is 13.3. The van der Waals surface area contributed by atoms with E-state index in [1.165, 1.54) is 4.88 Å². The van der Waals surface area contributed by atoms with Crippen LogP contribution in [0.5, 0.6) is 0 Å². The maximum atomic E-state index is 13.6. The zero-order chi connectivity index (χ0) is 25.2. The van der Waals surface area contributed by atoms with Gasteiger partial charge in [0.05, 0.1) is 25.5 Å². The molecule has 1 aliphatic heterocycles. The molecule has 0 amide bonds. The third-order valence-electron chi connectivity index (χ3n) is 6.77. The Morgan fingerprint density at radius 1 is 1.22 bits per heavy atom. The maximum Gasteiger partial charge on any atom is 0.253 e. The summed E-state index contributed by atoms with van der Waals surface area (Å²) in [6.07, 6.45) is 3.71. The number of pyridine rings is 1. The van der Waals surface area contributed by atoms with Gasteiger partial charge in [-0.3, -0.25) is 9.69 Å². The molecule has 37 heavy (non-hydrogen) atoms. The summed E-state index contributed by atoms with van der Waals surface area (Å²) in [6, 6.07) is 15.5. The van der Waals surface area contributed by atoms with E-state index in [2.05, 4.69) is 36.9 Å². The van der Waals surface area contributed by atoms with Crippen LogP contribution in [0.25, 0.3) is 10.9 Å². The van der Waals surface area contributed by atoms with E-state index in [0.717, 1.165) is 41.7 Å². The standard InChI is InChI=1S/C27H28N6O3S/c1-18-8-9-19-14-23(27(34)28-24(19)13-18)25(26-29-30-31-33(26)16-21-6-3-11-36-21)32(15-20-5-2-10-35-20)17-22-7-4-12-37-22/h2,4-5,7-10,12-14,21,25H,3,6,11,15-17H2,1H3,(H,28,34). The number of aromatic nitrogens is 5. The zero-order valence-corrected chi connectivity index (χ0v) is 21.4. The molecule has 6 rings (SSSR count). The largest absolute Gasteiger partial charge is 0.468 e. The fourth-order valence-electron chi connectivity index (χ4n) is 5.00. The molecule has 1 fully saturated rings. The van der Waals surface area contributed by atoms with Crippen LogP contribution in [0, 0.1) is 6.92 Å². The summed E-state index contributed by atoms with van der Waals surface area (Å²) in [5.41, 5.74) is 2.32. The van der Waals surface area contributed by atoms with Crippen molar-refractivity contribution in [1.29, 1.82) is 0 Å². The number of rotatable bonds is 9. The highest BCUT2D eigenvalue weighted by atomic mass is 32.1. The van der Waals surface area contributed by atoms with E-state index in [1.807, 2.05) is 49.4 Å². The maximum absolute atomic E-state index is 13.6. The van der Waals surface area contributed by atoms with Crippen molar-refractivity contribution in [3.8, 4) is 0 Å². The van der Waals surface area contributed by atoms with Crippen LogP contribution in [-0.4, -0.2) is 42.8 Å². The lowest BCUT2D eigenvalue weighted by Gasteiger charge is -2.30. The number of aromatic amines is 1. The number of H-pyrrole nitrogens is 1. The van der Waals surface area contributed by atoms with Crippen molar-refractivity contribution in [2.75, 3.05) is 6.61 Å². The van der Waals surface area contributed by atoms with Crippen LogP contribution < -0.4 is 5.56 Å². The first kappa shape index (κ1) is 23.8. The van der Waals surface area contributed by atoms with E-state index in [9.17, 15) is 4.79 Å². The van der Waals surface area contributed by atoms with Gasteiger partial charge in [0.1, 0.15) is 11.8 Å². The second kappa shape index (κ2) is 10.4. The third-order valence-corrected chi connectivity index (χ3v) is 7.63. The van der Waals surface area contributed by atoms with Gasteiger partial charge < -0.3 is 14.1 Å². The zero-order valence-electron chi connectivity index (χ0n) is 20.5. The van der Waals surface area contributed by atoms with Gasteiger partial charge in [0.25, 0.3) is 5.56 Å². The second-order valence-electron chi connectivity index (χ2n) is 9.46. The molecule has 2 unspecified atom stereocenters. The molecule has 4 aromatic heterocycles. The van der Waals surface area contributed by atoms with Gasteiger partial charge >= 0.3 is 0 Å². The molecule has 0 spiro atoms. The first-order valence-electron chi connectivity index (χ1n) is 12.4. The van der Waals surface area contributed by atoms with Gasteiger partial charge in [0.15, 0.2) is 5.82 Å². The third kappa shape index (κ3) is 5.13. The van der Waals surface area contributed by atoms with E-state index < -0.39 is 6.04 Å². The number of hydrogen-bond acceptors (Lipinski definition) is 8. The lowest BCUT2D eigenvalue weighted by Crippen LogP contribution is -2.35. The Labute approximate surface area is 217 Å². The SMILES string of the molecule is Cc1ccc2cc(C(c3nnnn3CC3CCCO3)N(Cc3ccco3)Cc3cccs3)c(=O)[nH]c2c1. The van der Waals surface area contributed by atoms with Crippen LogP contribution in [0.1, 0.15) is 46.5 Å². The van der Waals surface area contributed by atoms with Crippen LogP contribution in [0.3, 0.4) is 0 Å². The highest BCUT2D eigenvalue weighted by Gasteiger charge is 2.32. The molecule has 1 aliphatic rings. The molecule has 5 heterocycles. The Balaban J connectivity index is 1.49. The minimum Gasteiger partial charge on any atom is -0.468 e. The number of hydrogen-bond donors (Lipinski definition) is 1. The van der Waals surface area contributed by atoms with Crippen LogP contribution in [0.4, 0.5) is 0 Å². The van der Waals surface area contributed by atoms with Crippen molar-refractivity contribution < 1.29 is 9.15 Å². The molecule has 1 aromatic carbocycles. The highest BCUT2D eigenvalue weighted by Crippen LogP contribution is 2.31. The average molecular weight is 517 g/mol. The molecule has 0 radical (unpaired) electrons. The van der Waals surface area contributed by atoms with Crippen molar-refractivity contribution >= 4 is 22.2 Å². The predicted molar refractivity (Wildman–Crippen MR) is 140 cm³/mol. The topological polar surface area (TPSA) is 102 Å². The molecule has 1 N–H and O–H groups in total. The summed E-state index contributed by atoms with van der Waals surface area (Å²) in [6.45, 7) is 4.38. The second-order valence-corrected chi connectivity index (χ2v) is 10.5. The van der Waals surface area contributed by atoms with E-state index in [-0.39, 0.29) is 11.7 Å². The number of benzene rings is 1. The summed E-state index contributed by atoms with van der Waals surface area (Å²) in [5.74, 6) is 1.41. The number of nitrogens with zero attached hydrogens (tertiary/aromatic N) is 5. The van der Waals surface area contributed by atoms with Crippen molar-refractivity contribution in [1.82, 2.24) is 30.1 Å². The van der Waals surface area contributed by atoms with Gasteiger partial charge in [0, 0.05) is 29.1 Å². The number of aryl methyl sites for hydroxylation is 1. The van der Waals surface area contributed by atoms with Gasteiger partial charge in [-0.2, -0.15) is 0 Å². The van der Waals surface area contributed by atoms with E-state index >= 15 is 0 Å². The van der Waals surface area contributed by atoms with Gasteiger partial charge in [-0.1, -0.05) is 18.2 Å². The van der Waals surface area contributed by atoms with Crippen molar-refractivity contribution in [3.63, 3.8) is 0 Å². The number of ether oxygens (including phenoxy) is 1. The molecule has 190 valence electrons. The molecule has 10 heteroatoms. The van der Waals surface area contributed by atoms with Gasteiger partial charge in [-0.05, 0) is 76.9 Å². The van der Waals surface area contributed by atoms with Gasteiger partial charge in [-0.25, -0.2) is 4.68 Å². The lowest BCUT2D eigenvalue weighted by molar-refractivity contribution is 0.0901. The van der Waals surface area contributed by atoms with Crippen molar-refractivity contribution in [2.24, 2.45) is 0 Å². The summed E-state index contributed by atoms with van der Waals surface area (Å²) < 4.78 is 13.4. The van der Waals surface area contributed by atoms with E-state index in [1.54, 1.807) is 22.3 Å². The van der Waals surface area contributed by atoms with E-state index in [4.69, 9.17) is 9.15 Å². The fraction of sp³-hybridized carbons (Fsp3) is 0.333. The normalized spacial score (nSPS) is 16.6. The molecule has 0 bridgehead atoms. The Kier molecular flexibility index (Phi) is 6.69. The van der Waals surface area contributed by atoms with Gasteiger partial charge in [-0.15, -0.1) is 16.4 Å². The molecule has 0 aliphatic carbocycles. The summed E-state index contributed by atoms with van der Waals surface area (Å²) in [7, 11) is 0. The van der Waals surface area contributed by atoms with E-state index in [0.29, 0.717) is 31.0 Å². The summed E-state index contributed by atoms with van der Waals surface area (Å²) in [5, 5.41) is 15.8. The minimum atomic E-state index is -0.516. The fourth-order valence-corrected chi connectivity index (χ4v) is 5.73. The van der Waals surface area contributed by atoms with Crippen LogP contribution in [-0.2, 0) is 24.4 Å². The molecule has 2 atom stereocenters. The average Bonchev–Trinajstić information content (AvgIpc) is 3.70. The first-order chi connectivity index (χ1) is 18.1. The molecular formula is C27H28N6O3S. The van der Waals surface area contributed by atoms with Gasteiger partial charge in [0.2, 0.25) is 0 Å². The molecule has 0 saturated carbocycles. The molecular weight excluding hydrogens is 488 g/mol. The Hall–Kier alpha value is -3.60. The minimum absolute atomic E-state index is 0.0524. The highest BCUT2D eigenvalue weighted by molar-refractivity contribution is 7.09. The number of thiophene rings is 1. The van der Waals surface area contributed by atoms with Crippen LogP contribution in [0.2, 0.25) is 0 Å². The Bertz CT molecular complexity index is 1480. The van der Waals surface area contributed by atoms with Crippen LogP contribution >= 0.6 is 11.3 Å². The Morgan fingerprint density at radius 2 is 2.16 bits per heavy atom. The Morgan fingerprint density at radius 3 is 2.95 bits per heavy atom. The number of fused-ring (bicyclic) bond motifs is 1. The van der Waals surface area contributed by atoms with Crippen molar-refractivity contribution in [3.05, 3.63) is 98.1 Å². The molecule has 9 nitrogen and oxygen atoms in total. The smallest absolute Gasteiger partial charge is 0.253 e. The molecule has 5 aromatic rings. The van der Waals surface area contributed by atoms with Crippen LogP contribution in [0.15, 0.2) is 69.4 Å². The number of tetrazole rings is 1. The van der Waals surface area contributed by atoms with Crippen molar-refractivity contribution in [2.45, 2.75) is 51.5 Å². The quantitative estimate of drug-likeness (QED) is 0.309.